The van der Waals surface area contributed by atoms with E-state index in [0.29, 0.717) is 18.8 Å². The van der Waals surface area contributed by atoms with Gasteiger partial charge in [0.2, 0.25) is 0 Å². The molecule has 28 heavy (non-hydrogen) atoms. The second-order valence-corrected chi connectivity index (χ2v) is 8.96. The maximum absolute atomic E-state index is 12.0. The first-order chi connectivity index (χ1) is 13.3. The standard InChI is InChI=1S/C18H25N5O4S/c1-3-22-14-15(12-19-22)13-20-8-5-9-21(11-10-20)16-6-4-7-17(28(2,26)27)18(16)23(24)25/h4,6-7,12,14H,3,5,8-11,13H2,1-2H3. The van der Waals surface area contributed by atoms with E-state index in [4.69, 9.17) is 0 Å². The Morgan fingerprint density at radius 3 is 2.64 bits per heavy atom. The summed E-state index contributed by atoms with van der Waals surface area (Å²) < 4.78 is 25.9. The van der Waals surface area contributed by atoms with E-state index in [0.717, 1.165) is 44.4 Å². The number of nitro groups is 1. The van der Waals surface area contributed by atoms with Crippen LogP contribution in [0, 0.1) is 10.1 Å². The van der Waals surface area contributed by atoms with Crippen LogP contribution in [0.25, 0.3) is 0 Å². The highest BCUT2D eigenvalue weighted by molar-refractivity contribution is 7.90. The van der Waals surface area contributed by atoms with Gasteiger partial charge in [-0.3, -0.25) is 19.7 Å². The second-order valence-electron chi connectivity index (χ2n) is 6.97. The Morgan fingerprint density at radius 2 is 2.00 bits per heavy atom. The topological polar surface area (TPSA) is 102 Å². The van der Waals surface area contributed by atoms with Crippen LogP contribution in [0.15, 0.2) is 35.5 Å². The van der Waals surface area contributed by atoms with Crippen LogP contribution in [0.5, 0.6) is 0 Å². The Hall–Kier alpha value is -2.46. The van der Waals surface area contributed by atoms with Crippen molar-refractivity contribution in [2.24, 2.45) is 0 Å². The second kappa shape index (κ2) is 8.27. The number of sulfone groups is 1. The number of hydrogen-bond donors (Lipinski definition) is 0. The van der Waals surface area contributed by atoms with Gasteiger partial charge in [-0.05, 0) is 25.5 Å². The van der Waals surface area contributed by atoms with Gasteiger partial charge in [-0.15, -0.1) is 0 Å². The summed E-state index contributed by atoms with van der Waals surface area (Å²) in [5.41, 5.74) is 1.18. The smallest absolute Gasteiger partial charge is 0.311 e. The van der Waals surface area contributed by atoms with E-state index in [2.05, 4.69) is 10.00 Å². The highest BCUT2D eigenvalue weighted by Crippen LogP contribution is 2.35. The molecule has 0 amide bonds. The van der Waals surface area contributed by atoms with Crippen LogP contribution in [-0.2, 0) is 22.9 Å². The Labute approximate surface area is 164 Å². The number of rotatable bonds is 6. The zero-order valence-corrected chi connectivity index (χ0v) is 16.9. The van der Waals surface area contributed by atoms with Gasteiger partial charge in [-0.25, -0.2) is 8.42 Å². The largest absolute Gasteiger partial charge is 0.365 e. The molecule has 0 aliphatic carbocycles. The van der Waals surface area contributed by atoms with E-state index in [1.165, 1.54) is 6.07 Å². The summed E-state index contributed by atoms with van der Waals surface area (Å²) >= 11 is 0. The molecule has 0 saturated carbocycles. The van der Waals surface area contributed by atoms with E-state index >= 15 is 0 Å². The van der Waals surface area contributed by atoms with Crippen LogP contribution in [0.3, 0.4) is 0 Å². The fourth-order valence-corrected chi connectivity index (χ4v) is 4.39. The van der Waals surface area contributed by atoms with Crippen molar-refractivity contribution >= 4 is 21.2 Å². The van der Waals surface area contributed by atoms with Crippen molar-refractivity contribution in [1.29, 1.82) is 0 Å². The third-order valence-electron chi connectivity index (χ3n) is 4.91. The highest BCUT2D eigenvalue weighted by atomic mass is 32.2. The third-order valence-corrected chi connectivity index (χ3v) is 6.03. The molecule has 1 aliphatic heterocycles. The summed E-state index contributed by atoms with van der Waals surface area (Å²) in [6.45, 7) is 6.48. The molecule has 1 fully saturated rings. The number of benzene rings is 1. The van der Waals surface area contributed by atoms with Crippen LogP contribution in [0.4, 0.5) is 11.4 Å². The van der Waals surface area contributed by atoms with Crippen LogP contribution in [0.2, 0.25) is 0 Å². The number of para-hydroxylation sites is 1. The molecular formula is C18H25N5O4S. The first-order valence-corrected chi connectivity index (χ1v) is 11.1. The lowest BCUT2D eigenvalue weighted by Gasteiger charge is -2.23. The summed E-state index contributed by atoms with van der Waals surface area (Å²) in [6, 6.07) is 4.50. The lowest BCUT2D eigenvalue weighted by atomic mass is 10.2. The van der Waals surface area contributed by atoms with E-state index in [1.54, 1.807) is 12.1 Å². The molecule has 1 aliphatic rings. The molecule has 9 nitrogen and oxygen atoms in total. The van der Waals surface area contributed by atoms with E-state index < -0.39 is 14.8 Å². The predicted octanol–water partition coefficient (Wildman–Crippen LogP) is 1.93. The number of anilines is 1. The third kappa shape index (κ3) is 4.50. The van der Waals surface area contributed by atoms with Crippen molar-refractivity contribution in [2.75, 3.05) is 37.3 Å². The number of hydrogen-bond acceptors (Lipinski definition) is 7. The summed E-state index contributed by atoms with van der Waals surface area (Å²) in [7, 11) is -3.69. The zero-order valence-electron chi connectivity index (χ0n) is 16.1. The molecule has 1 aromatic heterocycles. The molecule has 0 N–H and O–H groups in total. The quantitative estimate of drug-likeness (QED) is 0.532. The predicted molar refractivity (Wildman–Crippen MR) is 106 cm³/mol. The number of nitrogens with zero attached hydrogens (tertiary/aromatic N) is 5. The monoisotopic (exact) mass is 407 g/mol. The maximum Gasteiger partial charge on any atom is 0.311 e. The molecule has 10 heteroatoms. The van der Waals surface area contributed by atoms with Gasteiger partial charge in [0.05, 0.1) is 11.1 Å². The summed E-state index contributed by atoms with van der Waals surface area (Å²) in [5.74, 6) is 0. The normalized spacial score (nSPS) is 16.1. The molecule has 2 heterocycles. The highest BCUT2D eigenvalue weighted by Gasteiger charge is 2.29. The van der Waals surface area contributed by atoms with Gasteiger partial charge >= 0.3 is 5.69 Å². The van der Waals surface area contributed by atoms with Crippen molar-refractivity contribution in [2.45, 2.75) is 31.3 Å². The van der Waals surface area contributed by atoms with Crippen LogP contribution in [-0.4, -0.2) is 60.5 Å². The molecule has 0 atom stereocenters. The SMILES string of the molecule is CCn1cc(CN2CCCN(c3cccc(S(C)(=O)=O)c3[N+](=O)[O-])CC2)cn1. The van der Waals surface area contributed by atoms with Crippen LogP contribution in [0.1, 0.15) is 18.9 Å². The fourth-order valence-electron chi connectivity index (χ4n) is 3.54. The van der Waals surface area contributed by atoms with Crippen molar-refractivity contribution in [3.63, 3.8) is 0 Å². The lowest BCUT2D eigenvalue weighted by Crippen LogP contribution is -2.31. The number of nitro benzene ring substituents is 1. The number of aryl methyl sites for hydroxylation is 1. The zero-order chi connectivity index (χ0) is 20.3. The summed E-state index contributed by atoms with van der Waals surface area (Å²) in [5, 5.41) is 15.9. The Balaban J connectivity index is 1.79. The molecule has 0 unspecified atom stereocenters. The van der Waals surface area contributed by atoms with Crippen LogP contribution >= 0.6 is 0 Å². The minimum Gasteiger partial charge on any atom is -0.365 e. The average molecular weight is 407 g/mol. The summed E-state index contributed by atoms with van der Waals surface area (Å²) in [6.07, 6.45) is 5.73. The molecule has 0 radical (unpaired) electrons. The molecule has 1 aromatic carbocycles. The average Bonchev–Trinajstić information content (AvgIpc) is 2.97. The fraction of sp³-hybridized carbons (Fsp3) is 0.500. The molecule has 152 valence electrons. The molecular weight excluding hydrogens is 382 g/mol. The minimum absolute atomic E-state index is 0.233. The minimum atomic E-state index is -3.69. The van der Waals surface area contributed by atoms with Gasteiger partial charge in [0.25, 0.3) is 0 Å². The maximum atomic E-state index is 12.0. The number of aromatic nitrogens is 2. The summed E-state index contributed by atoms with van der Waals surface area (Å²) in [4.78, 5) is 15.0. The lowest BCUT2D eigenvalue weighted by molar-refractivity contribution is -0.387. The van der Waals surface area contributed by atoms with E-state index in [1.807, 2.05) is 28.9 Å². The van der Waals surface area contributed by atoms with E-state index in [9.17, 15) is 18.5 Å². The van der Waals surface area contributed by atoms with Gasteiger partial charge in [0.1, 0.15) is 10.6 Å². The molecule has 0 bridgehead atoms. The molecule has 2 aromatic rings. The van der Waals surface area contributed by atoms with Gasteiger partial charge < -0.3 is 4.90 Å². The molecule has 0 spiro atoms. The van der Waals surface area contributed by atoms with Crippen molar-refractivity contribution in [3.05, 3.63) is 46.3 Å². The van der Waals surface area contributed by atoms with Gasteiger partial charge in [0.15, 0.2) is 9.84 Å². The van der Waals surface area contributed by atoms with Gasteiger partial charge in [-0.2, -0.15) is 5.10 Å². The van der Waals surface area contributed by atoms with Crippen molar-refractivity contribution in [1.82, 2.24) is 14.7 Å². The van der Waals surface area contributed by atoms with Gasteiger partial charge in [0, 0.05) is 57.3 Å². The Morgan fingerprint density at radius 1 is 1.21 bits per heavy atom. The first-order valence-electron chi connectivity index (χ1n) is 9.25. The van der Waals surface area contributed by atoms with Crippen molar-refractivity contribution in [3.8, 4) is 0 Å². The van der Waals surface area contributed by atoms with Crippen LogP contribution < -0.4 is 4.90 Å². The molecule has 1 saturated heterocycles. The van der Waals surface area contributed by atoms with Crippen molar-refractivity contribution < 1.29 is 13.3 Å². The van der Waals surface area contributed by atoms with Gasteiger partial charge in [-0.1, -0.05) is 6.07 Å². The Kier molecular flexibility index (Phi) is 5.99. The molecule has 3 rings (SSSR count). The first kappa shape index (κ1) is 20.3. The Bertz CT molecular complexity index is 957. The van der Waals surface area contributed by atoms with E-state index in [-0.39, 0.29) is 10.6 Å².